The van der Waals surface area contributed by atoms with Crippen molar-refractivity contribution in [1.82, 2.24) is 9.80 Å². The SMILES string of the molecule is CC1(C)CCN(C(=O)N2CCOCC2C(=O)O)CCS1. The van der Waals surface area contributed by atoms with Gasteiger partial charge in [0.2, 0.25) is 0 Å². The number of thioether (sulfide) groups is 1. The molecular formula is C13H22N2O4S. The van der Waals surface area contributed by atoms with E-state index in [1.807, 2.05) is 11.8 Å². The van der Waals surface area contributed by atoms with Crippen LogP contribution in [0.5, 0.6) is 0 Å². The summed E-state index contributed by atoms with van der Waals surface area (Å²) >= 11 is 1.86. The van der Waals surface area contributed by atoms with Gasteiger partial charge in [0, 0.05) is 30.1 Å². The Morgan fingerprint density at radius 3 is 2.75 bits per heavy atom. The number of morpholine rings is 1. The smallest absolute Gasteiger partial charge is 0.328 e. The van der Waals surface area contributed by atoms with E-state index in [1.165, 1.54) is 4.90 Å². The van der Waals surface area contributed by atoms with Crippen molar-refractivity contribution in [3.05, 3.63) is 0 Å². The highest BCUT2D eigenvalue weighted by atomic mass is 32.2. The van der Waals surface area contributed by atoms with Crippen molar-refractivity contribution >= 4 is 23.8 Å². The fraction of sp³-hybridized carbons (Fsp3) is 0.846. The minimum absolute atomic E-state index is 0.0785. The normalized spacial score (nSPS) is 27.0. The molecule has 0 aromatic heterocycles. The number of hydrogen-bond donors (Lipinski definition) is 1. The minimum Gasteiger partial charge on any atom is -0.480 e. The number of amides is 2. The molecule has 2 heterocycles. The molecule has 20 heavy (non-hydrogen) atoms. The van der Waals surface area contributed by atoms with E-state index in [0.717, 1.165) is 12.2 Å². The minimum atomic E-state index is -0.998. The van der Waals surface area contributed by atoms with E-state index in [9.17, 15) is 14.7 Å². The summed E-state index contributed by atoms with van der Waals surface area (Å²) < 4.78 is 5.34. The van der Waals surface area contributed by atoms with E-state index in [2.05, 4.69) is 13.8 Å². The Morgan fingerprint density at radius 2 is 2.05 bits per heavy atom. The quantitative estimate of drug-likeness (QED) is 0.786. The van der Waals surface area contributed by atoms with E-state index >= 15 is 0 Å². The highest BCUT2D eigenvalue weighted by molar-refractivity contribution is 8.00. The second-order valence-corrected chi connectivity index (χ2v) is 7.55. The van der Waals surface area contributed by atoms with Crippen LogP contribution >= 0.6 is 11.8 Å². The summed E-state index contributed by atoms with van der Waals surface area (Å²) in [5.41, 5.74) is 0. The van der Waals surface area contributed by atoms with Crippen LogP contribution in [0.4, 0.5) is 4.79 Å². The lowest BCUT2D eigenvalue weighted by atomic mass is 10.1. The van der Waals surface area contributed by atoms with E-state index < -0.39 is 12.0 Å². The van der Waals surface area contributed by atoms with Gasteiger partial charge >= 0.3 is 12.0 Å². The van der Waals surface area contributed by atoms with Gasteiger partial charge in [-0.15, -0.1) is 0 Å². The summed E-state index contributed by atoms with van der Waals surface area (Å²) in [4.78, 5) is 27.0. The van der Waals surface area contributed by atoms with Crippen molar-refractivity contribution in [1.29, 1.82) is 0 Å². The van der Waals surface area contributed by atoms with Gasteiger partial charge in [0.15, 0.2) is 6.04 Å². The number of urea groups is 1. The van der Waals surface area contributed by atoms with Gasteiger partial charge in [-0.05, 0) is 6.42 Å². The van der Waals surface area contributed by atoms with Gasteiger partial charge in [0.05, 0.1) is 13.2 Å². The summed E-state index contributed by atoms with van der Waals surface area (Å²) in [6.45, 7) is 6.56. The van der Waals surface area contributed by atoms with Gasteiger partial charge in [-0.1, -0.05) is 13.8 Å². The third-order valence-electron chi connectivity index (χ3n) is 3.77. The Kier molecular flexibility index (Phi) is 4.80. The van der Waals surface area contributed by atoms with Crippen LogP contribution in [0.2, 0.25) is 0 Å². The summed E-state index contributed by atoms with van der Waals surface area (Å²) in [6, 6.07) is -1.03. The topological polar surface area (TPSA) is 70.1 Å². The van der Waals surface area contributed by atoms with Gasteiger partial charge in [-0.3, -0.25) is 0 Å². The van der Waals surface area contributed by atoms with Gasteiger partial charge in [-0.2, -0.15) is 11.8 Å². The first-order valence-electron chi connectivity index (χ1n) is 6.91. The summed E-state index contributed by atoms with van der Waals surface area (Å²) in [6.07, 6.45) is 0.922. The van der Waals surface area contributed by atoms with Crippen molar-refractivity contribution in [3.8, 4) is 0 Å². The number of nitrogens with zero attached hydrogens (tertiary/aromatic N) is 2. The largest absolute Gasteiger partial charge is 0.480 e. The molecule has 2 amide bonds. The second-order valence-electron chi connectivity index (χ2n) is 5.75. The second kappa shape index (κ2) is 6.22. The average Bonchev–Trinajstić information content (AvgIpc) is 2.59. The molecule has 0 radical (unpaired) electrons. The Hall–Kier alpha value is -0.950. The number of carboxylic acid groups (broad SMARTS) is 1. The molecule has 1 N–H and O–H groups in total. The molecule has 2 fully saturated rings. The Balaban J connectivity index is 2.03. The molecule has 2 saturated heterocycles. The number of hydrogen-bond acceptors (Lipinski definition) is 4. The van der Waals surface area contributed by atoms with Crippen LogP contribution in [0.25, 0.3) is 0 Å². The van der Waals surface area contributed by atoms with Gasteiger partial charge < -0.3 is 19.6 Å². The molecule has 7 heteroatoms. The Labute approximate surface area is 123 Å². The third kappa shape index (κ3) is 3.58. The summed E-state index contributed by atoms with van der Waals surface area (Å²) in [5, 5.41) is 9.20. The van der Waals surface area contributed by atoms with E-state index in [4.69, 9.17) is 4.74 Å². The molecule has 0 aromatic carbocycles. The van der Waals surface area contributed by atoms with Crippen LogP contribution in [0.15, 0.2) is 0 Å². The lowest BCUT2D eigenvalue weighted by Gasteiger charge is -2.36. The van der Waals surface area contributed by atoms with Gasteiger partial charge in [0.1, 0.15) is 0 Å². The van der Waals surface area contributed by atoms with E-state index in [-0.39, 0.29) is 17.4 Å². The zero-order valence-corrected chi connectivity index (χ0v) is 12.8. The molecule has 1 unspecified atom stereocenters. The maximum atomic E-state index is 12.6. The number of rotatable bonds is 1. The molecule has 2 aliphatic heterocycles. The van der Waals surface area contributed by atoms with E-state index in [1.54, 1.807) is 4.90 Å². The van der Waals surface area contributed by atoms with Crippen molar-refractivity contribution in [2.24, 2.45) is 0 Å². The maximum Gasteiger partial charge on any atom is 0.328 e. The lowest BCUT2D eigenvalue weighted by molar-refractivity contribution is -0.147. The fourth-order valence-corrected chi connectivity index (χ4v) is 3.53. The molecule has 0 saturated carbocycles. The molecule has 2 rings (SSSR count). The Bertz CT molecular complexity index is 389. The van der Waals surface area contributed by atoms with Crippen molar-refractivity contribution in [2.45, 2.75) is 31.1 Å². The molecule has 0 aromatic rings. The summed E-state index contributed by atoms with van der Waals surface area (Å²) in [5.74, 6) is -0.108. The van der Waals surface area contributed by atoms with Gasteiger partial charge in [-0.25, -0.2) is 9.59 Å². The van der Waals surface area contributed by atoms with Crippen LogP contribution in [-0.2, 0) is 9.53 Å². The first kappa shape index (κ1) is 15.4. The molecule has 0 aliphatic carbocycles. The monoisotopic (exact) mass is 302 g/mol. The van der Waals surface area contributed by atoms with Crippen LogP contribution < -0.4 is 0 Å². The molecule has 6 nitrogen and oxygen atoms in total. The van der Waals surface area contributed by atoms with E-state index in [0.29, 0.717) is 26.2 Å². The zero-order valence-electron chi connectivity index (χ0n) is 12.0. The standard InChI is InChI=1S/C13H22N2O4S/c1-13(2)3-4-14(6-8-20-13)12(18)15-5-7-19-9-10(15)11(16)17/h10H,3-9H2,1-2H3,(H,16,17). The van der Waals surface area contributed by atoms with Crippen LogP contribution in [0, 0.1) is 0 Å². The van der Waals surface area contributed by atoms with Crippen molar-refractivity contribution in [2.75, 3.05) is 38.6 Å². The Morgan fingerprint density at radius 1 is 1.30 bits per heavy atom. The highest BCUT2D eigenvalue weighted by Crippen LogP contribution is 2.31. The number of aliphatic carboxylic acids is 1. The number of carboxylic acids is 1. The highest BCUT2D eigenvalue weighted by Gasteiger charge is 2.36. The lowest BCUT2D eigenvalue weighted by Crippen LogP contribution is -2.56. The van der Waals surface area contributed by atoms with Crippen molar-refractivity contribution < 1.29 is 19.4 Å². The third-order valence-corrected chi connectivity index (χ3v) is 5.14. The molecule has 0 spiro atoms. The number of carbonyl (C=O) groups is 2. The fourth-order valence-electron chi connectivity index (χ4n) is 2.43. The van der Waals surface area contributed by atoms with Gasteiger partial charge in [0.25, 0.3) is 0 Å². The molecular weight excluding hydrogens is 280 g/mol. The van der Waals surface area contributed by atoms with Crippen LogP contribution in [0.3, 0.4) is 0 Å². The number of carbonyl (C=O) groups excluding carboxylic acids is 1. The van der Waals surface area contributed by atoms with Crippen molar-refractivity contribution in [3.63, 3.8) is 0 Å². The summed E-state index contributed by atoms with van der Waals surface area (Å²) in [7, 11) is 0. The first-order valence-corrected chi connectivity index (χ1v) is 7.89. The predicted octanol–water partition coefficient (Wildman–Crippen LogP) is 1.11. The van der Waals surface area contributed by atoms with Crippen LogP contribution in [-0.4, -0.2) is 76.3 Å². The molecule has 0 bridgehead atoms. The average molecular weight is 302 g/mol. The molecule has 114 valence electrons. The molecule has 1 atom stereocenters. The molecule has 2 aliphatic rings. The first-order chi connectivity index (χ1) is 9.41. The predicted molar refractivity (Wildman–Crippen MR) is 77.1 cm³/mol. The number of ether oxygens (including phenoxy) is 1. The maximum absolute atomic E-state index is 12.6. The van der Waals surface area contributed by atoms with Crippen LogP contribution in [0.1, 0.15) is 20.3 Å². The zero-order chi connectivity index (χ0) is 14.8.